The van der Waals surface area contributed by atoms with Crippen molar-refractivity contribution in [2.45, 2.75) is 39.3 Å². The van der Waals surface area contributed by atoms with E-state index in [0.29, 0.717) is 31.5 Å². The summed E-state index contributed by atoms with van der Waals surface area (Å²) in [6.45, 7) is 6.68. The van der Waals surface area contributed by atoms with Crippen LogP contribution in [0.25, 0.3) is 0 Å². The second-order valence-electron chi connectivity index (χ2n) is 5.60. The first-order valence-corrected chi connectivity index (χ1v) is 7.57. The highest BCUT2D eigenvalue weighted by Crippen LogP contribution is 2.08. The minimum absolute atomic E-state index is 0.380. The van der Waals surface area contributed by atoms with Crippen molar-refractivity contribution in [3.8, 4) is 5.88 Å². The molecule has 1 aromatic heterocycles. The van der Waals surface area contributed by atoms with Crippen molar-refractivity contribution in [2.75, 3.05) is 26.9 Å². The maximum absolute atomic E-state index is 9.81. The number of nitrogens with zero attached hydrogens (tertiary/aromatic N) is 1. The Morgan fingerprint density at radius 1 is 1.38 bits per heavy atom. The molecule has 1 rings (SSSR count). The van der Waals surface area contributed by atoms with E-state index >= 15 is 0 Å². The number of hydrogen-bond acceptors (Lipinski definition) is 5. The van der Waals surface area contributed by atoms with Gasteiger partial charge < -0.3 is 19.9 Å². The molecule has 21 heavy (non-hydrogen) atoms. The Kier molecular flexibility index (Phi) is 8.98. The molecule has 0 amide bonds. The van der Waals surface area contributed by atoms with Crippen LogP contribution in [0.15, 0.2) is 18.3 Å². The zero-order chi connectivity index (χ0) is 15.5. The van der Waals surface area contributed by atoms with Gasteiger partial charge in [-0.2, -0.15) is 0 Å². The summed E-state index contributed by atoms with van der Waals surface area (Å²) in [7, 11) is 1.60. The molecule has 0 aliphatic heterocycles. The average molecular weight is 296 g/mol. The Labute approximate surface area is 127 Å². The standard InChI is InChI=1S/C16H28N2O3/c1-13(2)5-4-8-21-12-15(19)11-17-10-14-6-7-18-16(9-14)20-3/h6-7,9,13,15,17,19H,4-5,8,10-12H2,1-3H3. The van der Waals surface area contributed by atoms with Gasteiger partial charge in [-0.05, 0) is 30.4 Å². The van der Waals surface area contributed by atoms with Gasteiger partial charge in [0.1, 0.15) is 0 Å². The maximum atomic E-state index is 9.81. The second-order valence-corrected chi connectivity index (χ2v) is 5.60. The maximum Gasteiger partial charge on any atom is 0.213 e. The van der Waals surface area contributed by atoms with Crippen molar-refractivity contribution < 1.29 is 14.6 Å². The summed E-state index contributed by atoms with van der Waals surface area (Å²) in [4.78, 5) is 4.05. The molecule has 5 heteroatoms. The van der Waals surface area contributed by atoms with E-state index in [2.05, 4.69) is 24.1 Å². The van der Waals surface area contributed by atoms with Gasteiger partial charge in [0.05, 0.1) is 19.8 Å². The minimum atomic E-state index is -0.479. The molecule has 1 heterocycles. The van der Waals surface area contributed by atoms with Crippen LogP contribution in [0.3, 0.4) is 0 Å². The highest BCUT2D eigenvalue weighted by atomic mass is 16.5. The SMILES string of the molecule is COc1cc(CNCC(O)COCCCC(C)C)ccn1. The molecule has 2 N–H and O–H groups in total. The molecule has 0 fully saturated rings. The normalized spacial score (nSPS) is 12.6. The topological polar surface area (TPSA) is 63.6 Å². The number of ether oxygens (including phenoxy) is 2. The van der Waals surface area contributed by atoms with Crippen molar-refractivity contribution in [3.63, 3.8) is 0 Å². The predicted octanol–water partition coefficient (Wildman–Crippen LogP) is 1.99. The Bertz CT molecular complexity index is 386. The lowest BCUT2D eigenvalue weighted by Gasteiger charge is -2.13. The van der Waals surface area contributed by atoms with Crippen molar-refractivity contribution in [2.24, 2.45) is 5.92 Å². The van der Waals surface area contributed by atoms with Crippen molar-refractivity contribution in [3.05, 3.63) is 23.9 Å². The fourth-order valence-electron chi connectivity index (χ4n) is 1.93. The average Bonchev–Trinajstić information content (AvgIpc) is 2.47. The van der Waals surface area contributed by atoms with Crippen LogP contribution >= 0.6 is 0 Å². The van der Waals surface area contributed by atoms with Crippen LogP contribution in [0.5, 0.6) is 5.88 Å². The highest BCUT2D eigenvalue weighted by Gasteiger charge is 2.04. The first-order chi connectivity index (χ1) is 10.1. The monoisotopic (exact) mass is 296 g/mol. The molecule has 0 aliphatic rings. The zero-order valence-electron chi connectivity index (χ0n) is 13.3. The van der Waals surface area contributed by atoms with Gasteiger partial charge in [0.25, 0.3) is 0 Å². The van der Waals surface area contributed by atoms with E-state index in [1.54, 1.807) is 13.3 Å². The largest absolute Gasteiger partial charge is 0.481 e. The van der Waals surface area contributed by atoms with Gasteiger partial charge in [-0.15, -0.1) is 0 Å². The lowest BCUT2D eigenvalue weighted by Crippen LogP contribution is -2.30. The van der Waals surface area contributed by atoms with E-state index in [4.69, 9.17) is 9.47 Å². The van der Waals surface area contributed by atoms with Crippen LogP contribution in [0, 0.1) is 5.92 Å². The summed E-state index contributed by atoms with van der Waals surface area (Å²) in [5.74, 6) is 1.31. The molecule has 1 atom stereocenters. The molecule has 0 saturated carbocycles. The number of nitrogens with one attached hydrogen (secondary N) is 1. The number of aromatic nitrogens is 1. The van der Waals surface area contributed by atoms with E-state index in [9.17, 15) is 5.11 Å². The van der Waals surface area contributed by atoms with Crippen LogP contribution in [0.4, 0.5) is 0 Å². The van der Waals surface area contributed by atoms with Crippen LogP contribution in [-0.4, -0.2) is 43.1 Å². The van der Waals surface area contributed by atoms with Gasteiger partial charge in [-0.1, -0.05) is 13.8 Å². The van der Waals surface area contributed by atoms with Crippen molar-refractivity contribution in [1.29, 1.82) is 0 Å². The molecule has 0 aromatic carbocycles. The van der Waals surface area contributed by atoms with E-state index < -0.39 is 6.10 Å². The highest BCUT2D eigenvalue weighted by molar-refractivity contribution is 5.20. The van der Waals surface area contributed by atoms with Crippen LogP contribution in [-0.2, 0) is 11.3 Å². The molecular weight excluding hydrogens is 268 g/mol. The fraction of sp³-hybridized carbons (Fsp3) is 0.688. The van der Waals surface area contributed by atoms with Crippen molar-refractivity contribution in [1.82, 2.24) is 10.3 Å². The van der Waals surface area contributed by atoms with E-state index in [-0.39, 0.29) is 0 Å². The summed E-state index contributed by atoms with van der Waals surface area (Å²) in [6.07, 6.45) is 3.45. The van der Waals surface area contributed by atoms with Crippen LogP contribution < -0.4 is 10.1 Å². The molecule has 0 saturated heterocycles. The first kappa shape index (κ1) is 17.9. The number of aliphatic hydroxyl groups excluding tert-OH is 1. The minimum Gasteiger partial charge on any atom is -0.481 e. The second kappa shape index (κ2) is 10.5. The summed E-state index contributed by atoms with van der Waals surface area (Å²) >= 11 is 0. The Hall–Kier alpha value is -1.17. The Morgan fingerprint density at radius 3 is 2.90 bits per heavy atom. The molecule has 0 radical (unpaired) electrons. The molecule has 1 unspecified atom stereocenters. The third-order valence-corrected chi connectivity index (χ3v) is 3.10. The van der Waals surface area contributed by atoms with Gasteiger partial charge in [-0.25, -0.2) is 4.98 Å². The zero-order valence-corrected chi connectivity index (χ0v) is 13.3. The van der Waals surface area contributed by atoms with Gasteiger partial charge in [0, 0.05) is 32.0 Å². The summed E-state index contributed by atoms with van der Waals surface area (Å²) in [6, 6.07) is 3.80. The molecule has 0 spiro atoms. The fourth-order valence-corrected chi connectivity index (χ4v) is 1.93. The predicted molar refractivity (Wildman–Crippen MR) is 83.4 cm³/mol. The number of aliphatic hydroxyl groups is 1. The van der Waals surface area contributed by atoms with Gasteiger partial charge >= 0.3 is 0 Å². The molecule has 0 aliphatic carbocycles. The number of methoxy groups -OCH3 is 1. The number of hydrogen-bond donors (Lipinski definition) is 2. The molecule has 1 aromatic rings. The third kappa shape index (κ3) is 8.65. The Morgan fingerprint density at radius 2 is 2.19 bits per heavy atom. The third-order valence-electron chi connectivity index (χ3n) is 3.10. The van der Waals surface area contributed by atoms with E-state index in [1.807, 2.05) is 12.1 Å². The van der Waals surface area contributed by atoms with E-state index in [1.165, 1.54) is 0 Å². The first-order valence-electron chi connectivity index (χ1n) is 7.57. The van der Waals surface area contributed by atoms with Gasteiger partial charge in [0.2, 0.25) is 5.88 Å². The molecule has 0 bridgehead atoms. The lowest BCUT2D eigenvalue weighted by molar-refractivity contribution is 0.0346. The number of rotatable bonds is 11. The molecular formula is C16H28N2O3. The van der Waals surface area contributed by atoms with Crippen molar-refractivity contribution >= 4 is 0 Å². The van der Waals surface area contributed by atoms with Crippen LogP contribution in [0.2, 0.25) is 0 Å². The smallest absolute Gasteiger partial charge is 0.213 e. The van der Waals surface area contributed by atoms with Crippen LogP contribution in [0.1, 0.15) is 32.3 Å². The molecule has 120 valence electrons. The quantitative estimate of drug-likeness (QED) is 0.612. The van der Waals surface area contributed by atoms with E-state index in [0.717, 1.165) is 25.0 Å². The lowest BCUT2D eigenvalue weighted by atomic mass is 10.1. The van der Waals surface area contributed by atoms with Gasteiger partial charge in [-0.3, -0.25) is 0 Å². The summed E-state index contributed by atoms with van der Waals surface area (Å²) < 4.78 is 10.5. The summed E-state index contributed by atoms with van der Waals surface area (Å²) in [5.41, 5.74) is 1.08. The number of pyridine rings is 1. The molecule has 5 nitrogen and oxygen atoms in total. The summed E-state index contributed by atoms with van der Waals surface area (Å²) in [5, 5.41) is 13.0. The Balaban J connectivity index is 2.08. The van der Waals surface area contributed by atoms with Gasteiger partial charge in [0.15, 0.2) is 0 Å².